The largest absolute Gasteiger partial charge is 0.477 e. The Morgan fingerprint density at radius 1 is 1.26 bits per heavy atom. The number of hydrogen-bond donors (Lipinski definition) is 3. The second-order valence-electron chi connectivity index (χ2n) is 11.7. The van der Waals surface area contributed by atoms with E-state index in [4.69, 9.17) is 4.74 Å². The molecule has 2 aliphatic carbocycles. The fourth-order valence-electron chi connectivity index (χ4n) is 5.25. The number of hydrogen-bond acceptors (Lipinski definition) is 5. The van der Waals surface area contributed by atoms with E-state index in [1.165, 1.54) is 19.0 Å². The van der Waals surface area contributed by atoms with Crippen molar-refractivity contribution in [3.63, 3.8) is 0 Å². The summed E-state index contributed by atoms with van der Waals surface area (Å²) in [6, 6.07) is -0.0360. The fraction of sp³-hybridized carbons (Fsp3) is 0.741. The van der Waals surface area contributed by atoms with Crippen molar-refractivity contribution in [1.29, 1.82) is 0 Å². The zero-order chi connectivity index (χ0) is 25.8. The number of nitrogens with zero attached hydrogens (tertiary/aromatic N) is 2. The van der Waals surface area contributed by atoms with Crippen molar-refractivity contribution in [3.8, 4) is 5.88 Å². The highest BCUT2D eigenvalue weighted by atomic mass is 16.5. The lowest BCUT2D eigenvalue weighted by Gasteiger charge is -2.45. The first kappa shape index (κ1) is 27.2. The van der Waals surface area contributed by atoms with Gasteiger partial charge in [0.2, 0.25) is 11.8 Å². The predicted octanol–water partition coefficient (Wildman–Crippen LogP) is 3.86. The Bertz CT molecular complexity index is 903. The quantitative estimate of drug-likeness (QED) is 0.464. The van der Waals surface area contributed by atoms with Gasteiger partial charge >= 0.3 is 0 Å². The van der Waals surface area contributed by atoms with E-state index >= 15 is 0 Å². The molecule has 8 nitrogen and oxygen atoms in total. The van der Waals surface area contributed by atoms with Gasteiger partial charge < -0.3 is 20.5 Å². The Morgan fingerprint density at radius 2 is 2.00 bits per heavy atom. The van der Waals surface area contributed by atoms with E-state index in [0.717, 1.165) is 19.3 Å². The summed E-state index contributed by atoms with van der Waals surface area (Å²) in [7, 11) is 0. The van der Waals surface area contributed by atoms with Crippen LogP contribution in [-0.4, -0.2) is 51.5 Å². The summed E-state index contributed by atoms with van der Waals surface area (Å²) in [5, 5.41) is 20.7. The number of carbonyl (C=O) groups is 2. The average molecular weight is 489 g/mol. The Hall–Kier alpha value is -2.35. The lowest BCUT2D eigenvalue weighted by Crippen LogP contribution is -2.51. The van der Waals surface area contributed by atoms with Gasteiger partial charge in [0.25, 0.3) is 5.91 Å². The van der Waals surface area contributed by atoms with Crippen LogP contribution in [0.5, 0.6) is 5.88 Å². The zero-order valence-electron chi connectivity index (χ0n) is 22.2. The topological polar surface area (TPSA) is 105 Å². The van der Waals surface area contributed by atoms with Crippen LogP contribution < -0.4 is 15.4 Å². The molecule has 3 unspecified atom stereocenters. The summed E-state index contributed by atoms with van der Waals surface area (Å²) in [5.74, 6) is 1.45. The van der Waals surface area contributed by atoms with Crippen LogP contribution in [-0.2, 0) is 4.79 Å². The molecule has 2 amide bonds. The van der Waals surface area contributed by atoms with Crippen LogP contribution in [0.15, 0.2) is 12.3 Å². The van der Waals surface area contributed by atoms with Crippen molar-refractivity contribution < 1.29 is 19.4 Å². The second kappa shape index (κ2) is 11.6. The van der Waals surface area contributed by atoms with Crippen LogP contribution >= 0.6 is 0 Å². The molecule has 2 aliphatic rings. The van der Waals surface area contributed by atoms with Crippen LogP contribution in [0, 0.1) is 29.6 Å². The molecule has 196 valence electrons. The number of ether oxygens (including phenoxy) is 1. The molecular weight excluding hydrogens is 444 g/mol. The minimum absolute atomic E-state index is 0.0349. The normalized spacial score (nSPS) is 24.7. The van der Waals surface area contributed by atoms with Crippen LogP contribution in [0.3, 0.4) is 0 Å². The minimum Gasteiger partial charge on any atom is -0.477 e. The van der Waals surface area contributed by atoms with Crippen LogP contribution in [0.2, 0.25) is 0 Å². The van der Waals surface area contributed by atoms with E-state index in [1.807, 2.05) is 47.6 Å². The first-order chi connectivity index (χ1) is 16.5. The number of aliphatic hydroxyl groups excluding tert-OH is 1. The first-order valence-corrected chi connectivity index (χ1v) is 13.1. The number of carbonyl (C=O) groups excluding carboxylic acids is 2. The molecule has 0 spiro atoms. The van der Waals surface area contributed by atoms with Gasteiger partial charge in [-0.05, 0) is 56.9 Å². The highest BCUT2D eigenvalue weighted by Gasteiger charge is 2.40. The van der Waals surface area contributed by atoms with Gasteiger partial charge in [-0.2, -0.15) is 5.10 Å². The molecule has 8 heteroatoms. The standard InChI is InChI=1S/C27H44N4O4/c1-17(2)16-35-26-22(14-28-31(26)11-10-27(5,6)30-24(33)18(3)4)25(34)29-23-20-9-7-8-19(12-20)13-21(23)15-32/h10-11,14,17-21,23,32H,7-9,12-13,15-16H2,1-6H3,(H,29,34)(H,30,33)/b11-10+/t19?,20?,21?,23-/m0/s1. The molecule has 1 aromatic heterocycles. The summed E-state index contributed by atoms with van der Waals surface area (Å²) in [5.41, 5.74) is -0.215. The highest BCUT2D eigenvalue weighted by molar-refractivity contribution is 5.96. The van der Waals surface area contributed by atoms with Crippen LogP contribution in [0.1, 0.15) is 84.0 Å². The van der Waals surface area contributed by atoms with Crippen LogP contribution in [0.4, 0.5) is 0 Å². The molecule has 0 aromatic carbocycles. The molecule has 3 rings (SSSR count). The molecule has 0 radical (unpaired) electrons. The minimum atomic E-state index is -0.598. The fourth-order valence-corrected chi connectivity index (χ4v) is 5.25. The van der Waals surface area contributed by atoms with Gasteiger partial charge in [0.05, 0.1) is 18.3 Å². The third kappa shape index (κ3) is 7.09. The summed E-state index contributed by atoms with van der Waals surface area (Å²) in [4.78, 5) is 25.6. The number of rotatable bonds is 10. The summed E-state index contributed by atoms with van der Waals surface area (Å²) < 4.78 is 7.61. The summed E-state index contributed by atoms with van der Waals surface area (Å²) in [6.45, 7) is 12.2. The Labute approximate surface area is 209 Å². The molecular formula is C27H44N4O4. The van der Waals surface area contributed by atoms with Crippen molar-refractivity contribution >= 4 is 18.0 Å². The molecule has 3 N–H and O–H groups in total. The van der Waals surface area contributed by atoms with Crippen molar-refractivity contribution in [3.05, 3.63) is 17.8 Å². The van der Waals surface area contributed by atoms with Crippen molar-refractivity contribution in [1.82, 2.24) is 20.4 Å². The van der Waals surface area contributed by atoms with Gasteiger partial charge in [-0.15, -0.1) is 0 Å². The molecule has 1 heterocycles. The van der Waals surface area contributed by atoms with E-state index in [2.05, 4.69) is 15.7 Å². The number of fused-ring (bicyclic) bond motifs is 2. The smallest absolute Gasteiger partial charge is 0.258 e. The number of nitrogens with one attached hydrogen (secondary N) is 2. The van der Waals surface area contributed by atoms with E-state index in [9.17, 15) is 14.7 Å². The maximum absolute atomic E-state index is 13.4. The van der Waals surface area contributed by atoms with Gasteiger partial charge in [0, 0.05) is 30.7 Å². The van der Waals surface area contributed by atoms with Crippen molar-refractivity contribution in [2.24, 2.45) is 29.6 Å². The number of aliphatic hydroxyl groups is 1. The van der Waals surface area contributed by atoms with Gasteiger partial charge in [0.15, 0.2) is 0 Å². The average Bonchev–Trinajstić information content (AvgIpc) is 3.20. The molecule has 2 bridgehead atoms. The predicted molar refractivity (Wildman–Crippen MR) is 137 cm³/mol. The maximum Gasteiger partial charge on any atom is 0.258 e. The molecule has 2 saturated carbocycles. The summed E-state index contributed by atoms with van der Waals surface area (Å²) in [6.07, 6.45) is 10.7. The molecule has 0 aliphatic heterocycles. The molecule has 2 fully saturated rings. The lowest BCUT2D eigenvalue weighted by atomic mass is 9.65. The van der Waals surface area contributed by atoms with E-state index in [1.54, 1.807) is 10.9 Å². The molecule has 35 heavy (non-hydrogen) atoms. The third-order valence-corrected chi connectivity index (χ3v) is 7.16. The first-order valence-electron chi connectivity index (χ1n) is 13.1. The third-order valence-electron chi connectivity index (χ3n) is 7.16. The Kier molecular flexibility index (Phi) is 9.02. The monoisotopic (exact) mass is 488 g/mol. The Morgan fingerprint density at radius 3 is 2.66 bits per heavy atom. The lowest BCUT2D eigenvalue weighted by molar-refractivity contribution is -0.125. The molecule has 4 atom stereocenters. The van der Waals surface area contributed by atoms with Gasteiger partial charge in [0.1, 0.15) is 5.56 Å². The Balaban J connectivity index is 1.81. The van der Waals surface area contributed by atoms with E-state index in [0.29, 0.717) is 29.9 Å². The van der Waals surface area contributed by atoms with E-state index in [-0.39, 0.29) is 42.2 Å². The number of aromatic nitrogens is 2. The highest BCUT2D eigenvalue weighted by Crippen LogP contribution is 2.42. The molecule has 0 saturated heterocycles. The van der Waals surface area contributed by atoms with Crippen LogP contribution in [0.25, 0.3) is 6.20 Å². The zero-order valence-corrected chi connectivity index (χ0v) is 22.2. The SMILES string of the molecule is CC(C)COc1c(C(=O)N[C@@H]2C(CO)CC3CCCC2C3)cnn1/C=C/C(C)(C)NC(=O)C(C)C. The summed E-state index contributed by atoms with van der Waals surface area (Å²) >= 11 is 0. The van der Waals surface area contributed by atoms with Gasteiger partial charge in [-0.1, -0.05) is 40.5 Å². The number of amides is 2. The second-order valence-corrected chi connectivity index (χ2v) is 11.7. The van der Waals surface area contributed by atoms with Gasteiger partial charge in [-0.25, -0.2) is 4.68 Å². The van der Waals surface area contributed by atoms with Crippen molar-refractivity contribution in [2.75, 3.05) is 13.2 Å². The van der Waals surface area contributed by atoms with Crippen molar-refractivity contribution in [2.45, 2.75) is 85.2 Å². The van der Waals surface area contributed by atoms with E-state index < -0.39 is 5.54 Å². The van der Waals surface area contributed by atoms with Gasteiger partial charge in [-0.3, -0.25) is 9.59 Å². The molecule has 1 aromatic rings. The maximum atomic E-state index is 13.4.